The van der Waals surface area contributed by atoms with Gasteiger partial charge >= 0.3 is 0 Å². The van der Waals surface area contributed by atoms with Crippen molar-refractivity contribution in [2.45, 2.75) is 20.3 Å². The summed E-state index contributed by atoms with van der Waals surface area (Å²) in [5.74, 6) is 0. The number of anilines is 1. The lowest BCUT2D eigenvalue weighted by molar-refractivity contribution is 1.15. The third-order valence-electron chi connectivity index (χ3n) is 5.04. The topological polar surface area (TPSA) is 24.4 Å². The Hall–Kier alpha value is -3.39. The number of aryl methyl sites for hydroxylation is 2. The molecule has 0 unspecified atom stereocenters. The fourth-order valence-corrected chi connectivity index (χ4v) is 3.41. The summed E-state index contributed by atoms with van der Waals surface area (Å²) >= 11 is 0. The molecule has 0 radical (unpaired) electrons. The van der Waals surface area contributed by atoms with Crippen LogP contribution in [-0.4, -0.2) is 6.21 Å². The Morgan fingerprint density at radius 2 is 1.50 bits per heavy atom. The molecule has 0 bridgehead atoms. The average Bonchev–Trinajstić information content (AvgIpc) is 2.70. The second kappa shape index (κ2) is 7.69. The number of benzene rings is 3. The molecular weight excluding hydrogens is 340 g/mol. The van der Waals surface area contributed by atoms with Gasteiger partial charge in [-0.1, -0.05) is 66.2 Å². The third kappa shape index (κ3) is 3.81. The van der Waals surface area contributed by atoms with Gasteiger partial charge in [0.15, 0.2) is 0 Å². The van der Waals surface area contributed by atoms with E-state index in [1.165, 1.54) is 22.3 Å². The van der Waals surface area contributed by atoms with Crippen LogP contribution in [0.2, 0.25) is 0 Å². The molecule has 1 aliphatic carbocycles. The van der Waals surface area contributed by atoms with E-state index in [9.17, 15) is 0 Å². The zero-order valence-electron chi connectivity index (χ0n) is 16.4. The minimum absolute atomic E-state index is 0.838. The second-order valence-electron chi connectivity index (χ2n) is 7.31. The van der Waals surface area contributed by atoms with Gasteiger partial charge in [0.1, 0.15) is 0 Å². The number of allylic oxidation sites excluding steroid dienone is 2. The van der Waals surface area contributed by atoms with Crippen molar-refractivity contribution in [3.05, 3.63) is 113 Å². The van der Waals surface area contributed by atoms with Crippen molar-refractivity contribution in [3.63, 3.8) is 0 Å². The molecule has 3 aromatic carbocycles. The molecule has 0 heterocycles. The highest BCUT2D eigenvalue weighted by molar-refractivity contribution is 6.01. The molecule has 0 atom stereocenters. The zero-order valence-corrected chi connectivity index (χ0v) is 16.4. The van der Waals surface area contributed by atoms with E-state index in [1.807, 2.05) is 18.3 Å². The molecule has 0 aromatic heterocycles. The molecule has 1 aliphatic rings. The number of hydrogen-bond donors (Lipinski definition) is 1. The Morgan fingerprint density at radius 1 is 0.857 bits per heavy atom. The van der Waals surface area contributed by atoms with Gasteiger partial charge in [0.25, 0.3) is 0 Å². The van der Waals surface area contributed by atoms with Gasteiger partial charge in [-0.2, -0.15) is 0 Å². The van der Waals surface area contributed by atoms with Gasteiger partial charge in [0, 0.05) is 23.0 Å². The van der Waals surface area contributed by atoms with Crippen LogP contribution in [0.15, 0.2) is 95.5 Å². The van der Waals surface area contributed by atoms with Crippen LogP contribution < -0.4 is 5.32 Å². The van der Waals surface area contributed by atoms with Gasteiger partial charge in [-0.25, -0.2) is 0 Å². The number of fused-ring (bicyclic) bond motifs is 1. The van der Waals surface area contributed by atoms with Crippen molar-refractivity contribution in [1.82, 2.24) is 0 Å². The summed E-state index contributed by atoms with van der Waals surface area (Å²) < 4.78 is 0. The van der Waals surface area contributed by atoms with Crippen molar-refractivity contribution < 1.29 is 0 Å². The summed E-state index contributed by atoms with van der Waals surface area (Å²) in [5.41, 5.74) is 10.2. The minimum atomic E-state index is 0.838. The van der Waals surface area contributed by atoms with Crippen LogP contribution in [0.3, 0.4) is 0 Å². The quantitative estimate of drug-likeness (QED) is 0.515. The molecule has 0 amide bonds. The first kappa shape index (κ1) is 18.0. The molecule has 28 heavy (non-hydrogen) atoms. The molecule has 0 saturated carbocycles. The maximum Gasteiger partial charge on any atom is 0.0630 e. The van der Waals surface area contributed by atoms with Crippen molar-refractivity contribution in [2.24, 2.45) is 4.99 Å². The monoisotopic (exact) mass is 364 g/mol. The maximum atomic E-state index is 4.72. The van der Waals surface area contributed by atoms with Gasteiger partial charge in [0.05, 0.1) is 11.4 Å². The summed E-state index contributed by atoms with van der Waals surface area (Å²) in [5, 5.41) is 3.62. The van der Waals surface area contributed by atoms with E-state index in [0.29, 0.717) is 0 Å². The fraction of sp³-hybridized carbons (Fsp3) is 0.115. The molecule has 3 aromatic rings. The molecule has 0 aliphatic heterocycles. The summed E-state index contributed by atoms with van der Waals surface area (Å²) in [6, 6.07) is 25.2. The van der Waals surface area contributed by atoms with Crippen LogP contribution in [0.5, 0.6) is 0 Å². The van der Waals surface area contributed by atoms with Gasteiger partial charge < -0.3 is 5.32 Å². The van der Waals surface area contributed by atoms with Crippen molar-refractivity contribution in [2.75, 3.05) is 5.32 Å². The third-order valence-corrected chi connectivity index (χ3v) is 5.04. The predicted octanol–water partition coefficient (Wildman–Crippen LogP) is 6.64. The Balaban J connectivity index is 1.78. The SMILES string of the molecule is C=C1Cc2ccccc2C(Nc2ccc(C)cc2)=C1C=Nc1ccc(C)cc1. The van der Waals surface area contributed by atoms with Gasteiger partial charge in [-0.3, -0.25) is 4.99 Å². The van der Waals surface area contributed by atoms with Crippen LogP contribution in [0.1, 0.15) is 22.3 Å². The van der Waals surface area contributed by atoms with E-state index in [-0.39, 0.29) is 0 Å². The molecule has 1 N–H and O–H groups in total. The number of aliphatic imine (C=N–C) groups is 1. The van der Waals surface area contributed by atoms with E-state index in [1.54, 1.807) is 0 Å². The Bertz CT molecular complexity index is 1070. The average molecular weight is 364 g/mol. The number of rotatable bonds is 4. The lowest BCUT2D eigenvalue weighted by atomic mass is 9.86. The van der Waals surface area contributed by atoms with Crippen molar-refractivity contribution >= 4 is 23.3 Å². The number of hydrogen-bond acceptors (Lipinski definition) is 2. The summed E-state index contributed by atoms with van der Waals surface area (Å²) in [7, 11) is 0. The first-order chi connectivity index (χ1) is 13.6. The second-order valence-corrected chi connectivity index (χ2v) is 7.31. The first-order valence-corrected chi connectivity index (χ1v) is 9.55. The Morgan fingerprint density at radius 3 is 2.21 bits per heavy atom. The first-order valence-electron chi connectivity index (χ1n) is 9.55. The maximum absolute atomic E-state index is 4.72. The standard InChI is InChI=1S/C26H24N2/c1-18-8-12-22(13-9-18)27-17-25-20(3)16-21-6-4-5-7-24(21)26(25)28-23-14-10-19(2)11-15-23/h4-15,17,28H,3,16H2,1-2H3. The minimum Gasteiger partial charge on any atom is -0.354 e. The number of nitrogens with one attached hydrogen (secondary N) is 1. The largest absolute Gasteiger partial charge is 0.354 e. The predicted molar refractivity (Wildman–Crippen MR) is 120 cm³/mol. The van der Waals surface area contributed by atoms with Crippen LogP contribution in [0.25, 0.3) is 5.70 Å². The molecule has 0 spiro atoms. The van der Waals surface area contributed by atoms with E-state index < -0.39 is 0 Å². The molecule has 138 valence electrons. The normalized spacial score (nSPS) is 13.7. The van der Waals surface area contributed by atoms with Crippen LogP contribution >= 0.6 is 0 Å². The molecule has 0 saturated heterocycles. The molecule has 4 rings (SSSR count). The van der Waals surface area contributed by atoms with Crippen molar-refractivity contribution in [3.8, 4) is 0 Å². The van der Waals surface area contributed by atoms with Crippen LogP contribution in [0, 0.1) is 13.8 Å². The summed E-state index contributed by atoms with van der Waals surface area (Å²) in [4.78, 5) is 4.72. The molecule has 2 nitrogen and oxygen atoms in total. The Labute approximate surface area is 167 Å². The van der Waals surface area contributed by atoms with Gasteiger partial charge in [-0.15, -0.1) is 0 Å². The van der Waals surface area contributed by atoms with E-state index >= 15 is 0 Å². The van der Waals surface area contributed by atoms with Crippen molar-refractivity contribution in [1.29, 1.82) is 0 Å². The van der Waals surface area contributed by atoms with Gasteiger partial charge in [-0.05, 0) is 55.7 Å². The highest BCUT2D eigenvalue weighted by Gasteiger charge is 2.20. The smallest absolute Gasteiger partial charge is 0.0630 e. The van der Waals surface area contributed by atoms with E-state index in [2.05, 4.69) is 86.4 Å². The van der Waals surface area contributed by atoms with Gasteiger partial charge in [0.2, 0.25) is 0 Å². The van der Waals surface area contributed by atoms with Crippen LogP contribution in [0.4, 0.5) is 11.4 Å². The molecule has 0 fully saturated rings. The lowest BCUT2D eigenvalue weighted by Crippen LogP contribution is -2.14. The zero-order chi connectivity index (χ0) is 19.5. The molecular formula is C26H24N2. The highest BCUT2D eigenvalue weighted by Crippen LogP contribution is 2.34. The highest BCUT2D eigenvalue weighted by atomic mass is 14.9. The lowest BCUT2D eigenvalue weighted by Gasteiger charge is -2.24. The Kier molecular flexibility index (Phi) is 4.94. The molecule has 2 heteroatoms. The van der Waals surface area contributed by atoms with Crippen LogP contribution in [-0.2, 0) is 6.42 Å². The number of nitrogens with zero attached hydrogens (tertiary/aromatic N) is 1. The summed E-state index contributed by atoms with van der Waals surface area (Å²) in [6.45, 7) is 8.52. The van der Waals surface area contributed by atoms with E-state index in [0.717, 1.165) is 34.6 Å². The fourth-order valence-electron chi connectivity index (χ4n) is 3.41. The van der Waals surface area contributed by atoms with E-state index in [4.69, 9.17) is 4.99 Å². The summed E-state index contributed by atoms with van der Waals surface area (Å²) in [6.07, 6.45) is 2.78.